The number of hydrogen-bond donors (Lipinski definition) is 1. The Bertz CT molecular complexity index is 914. The first-order valence-electron chi connectivity index (χ1n) is 10.6. The number of amides is 2. The molecule has 3 rings (SSSR count). The monoisotopic (exact) mass is 490 g/mol. The molecule has 1 aliphatic rings. The molecule has 0 aliphatic heterocycles. The molecule has 166 valence electrons. The Morgan fingerprint density at radius 1 is 1.19 bits per heavy atom. The average Bonchev–Trinajstić information content (AvgIpc) is 3.26. The minimum absolute atomic E-state index is 0.166. The lowest BCUT2D eigenvalue weighted by atomic mass is 10.1. The van der Waals surface area contributed by atoms with Crippen molar-refractivity contribution in [3.05, 3.63) is 63.9 Å². The molecule has 0 aromatic heterocycles. The van der Waals surface area contributed by atoms with Gasteiger partial charge in [-0.25, -0.2) is 4.39 Å². The van der Waals surface area contributed by atoms with Crippen LogP contribution in [0.15, 0.2) is 46.9 Å². The highest BCUT2D eigenvalue weighted by molar-refractivity contribution is 9.10. The van der Waals surface area contributed by atoms with Crippen LogP contribution >= 0.6 is 15.9 Å². The molecule has 31 heavy (non-hydrogen) atoms. The third-order valence-corrected chi connectivity index (χ3v) is 6.52. The fraction of sp³-hybridized carbons (Fsp3) is 0.417. The molecule has 2 aromatic rings. The maximum absolute atomic E-state index is 13.3. The normalized spacial score (nSPS) is 14.8. The van der Waals surface area contributed by atoms with Crippen LogP contribution in [0.25, 0.3) is 0 Å². The van der Waals surface area contributed by atoms with E-state index >= 15 is 0 Å². The highest BCUT2D eigenvalue weighted by Crippen LogP contribution is 2.22. The minimum Gasteiger partial charge on any atom is -0.484 e. The Kier molecular flexibility index (Phi) is 8.07. The molecule has 0 bridgehead atoms. The second-order valence-corrected chi connectivity index (χ2v) is 8.87. The van der Waals surface area contributed by atoms with Gasteiger partial charge in [0.25, 0.3) is 5.91 Å². The second-order valence-electron chi connectivity index (χ2n) is 8.01. The molecule has 2 amide bonds. The second kappa shape index (κ2) is 10.8. The highest BCUT2D eigenvalue weighted by Gasteiger charge is 2.28. The molecule has 2 aromatic carbocycles. The summed E-state index contributed by atoms with van der Waals surface area (Å²) in [5.74, 6) is -0.248. The third kappa shape index (κ3) is 6.53. The van der Waals surface area contributed by atoms with Gasteiger partial charge in [-0.1, -0.05) is 40.9 Å². The topological polar surface area (TPSA) is 58.6 Å². The molecule has 0 saturated heterocycles. The standard InChI is InChI=1S/C24H28BrFN2O3/c1-16-13-21(11-12-22(16)25)31-15-23(29)28(14-18-7-9-19(26)10-8-18)17(2)24(30)27-20-5-3-4-6-20/h7-13,17,20H,3-6,14-15H2,1-2H3,(H,27,30)/t17-/m1/s1. The van der Waals surface area contributed by atoms with Gasteiger partial charge in [0, 0.05) is 17.1 Å². The zero-order valence-electron chi connectivity index (χ0n) is 17.9. The molecule has 1 N–H and O–H groups in total. The smallest absolute Gasteiger partial charge is 0.261 e. The molecule has 0 unspecified atom stereocenters. The summed E-state index contributed by atoms with van der Waals surface area (Å²) in [6.45, 7) is 3.66. The van der Waals surface area contributed by atoms with Crippen molar-refractivity contribution in [2.45, 2.75) is 58.2 Å². The van der Waals surface area contributed by atoms with Crippen molar-refractivity contribution in [1.29, 1.82) is 0 Å². The minimum atomic E-state index is -0.673. The number of ether oxygens (including phenoxy) is 1. The van der Waals surface area contributed by atoms with Crippen LogP contribution in [0.1, 0.15) is 43.7 Å². The summed E-state index contributed by atoms with van der Waals surface area (Å²) in [4.78, 5) is 27.4. The van der Waals surface area contributed by atoms with Crippen LogP contribution in [0.5, 0.6) is 5.75 Å². The van der Waals surface area contributed by atoms with Gasteiger partial charge in [0.1, 0.15) is 17.6 Å². The molecule has 0 heterocycles. The van der Waals surface area contributed by atoms with Gasteiger partial charge in [0.05, 0.1) is 0 Å². The van der Waals surface area contributed by atoms with Gasteiger partial charge < -0.3 is 15.0 Å². The van der Waals surface area contributed by atoms with E-state index in [1.54, 1.807) is 25.1 Å². The van der Waals surface area contributed by atoms with Crippen molar-refractivity contribution < 1.29 is 18.7 Å². The van der Waals surface area contributed by atoms with E-state index in [0.29, 0.717) is 5.75 Å². The van der Waals surface area contributed by atoms with E-state index in [4.69, 9.17) is 4.74 Å². The predicted molar refractivity (Wildman–Crippen MR) is 121 cm³/mol. The van der Waals surface area contributed by atoms with Gasteiger partial charge in [-0.05, 0) is 68.1 Å². The van der Waals surface area contributed by atoms with Gasteiger partial charge in [-0.15, -0.1) is 0 Å². The molecule has 0 radical (unpaired) electrons. The molecule has 7 heteroatoms. The summed E-state index contributed by atoms with van der Waals surface area (Å²) in [7, 11) is 0. The number of hydrogen-bond acceptors (Lipinski definition) is 3. The van der Waals surface area contributed by atoms with Crippen LogP contribution in [0.3, 0.4) is 0 Å². The number of benzene rings is 2. The number of aryl methyl sites for hydroxylation is 1. The van der Waals surface area contributed by atoms with Crippen LogP contribution in [0.2, 0.25) is 0 Å². The van der Waals surface area contributed by atoms with Crippen molar-refractivity contribution in [1.82, 2.24) is 10.2 Å². The summed E-state index contributed by atoms with van der Waals surface area (Å²) in [5, 5.41) is 3.06. The molecule has 1 atom stereocenters. The summed E-state index contributed by atoms with van der Waals surface area (Å²) in [6, 6.07) is 10.9. The van der Waals surface area contributed by atoms with Crippen LogP contribution in [0.4, 0.5) is 4.39 Å². The Morgan fingerprint density at radius 2 is 1.87 bits per heavy atom. The fourth-order valence-corrected chi connectivity index (χ4v) is 3.94. The SMILES string of the molecule is Cc1cc(OCC(=O)N(Cc2ccc(F)cc2)[C@H](C)C(=O)NC2CCCC2)ccc1Br. The van der Waals surface area contributed by atoms with E-state index in [1.807, 2.05) is 19.1 Å². The Hall–Kier alpha value is -2.41. The predicted octanol–water partition coefficient (Wildman–Crippen LogP) is 4.75. The van der Waals surface area contributed by atoms with Crippen molar-refractivity contribution in [3.8, 4) is 5.75 Å². The zero-order chi connectivity index (χ0) is 22.4. The van der Waals surface area contributed by atoms with Crippen molar-refractivity contribution >= 4 is 27.7 Å². The van der Waals surface area contributed by atoms with Crippen LogP contribution in [0, 0.1) is 12.7 Å². The maximum Gasteiger partial charge on any atom is 0.261 e. The molecule has 1 saturated carbocycles. The Morgan fingerprint density at radius 3 is 2.52 bits per heavy atom. The van der Waals surface area contributed by atoms with Crippen molar-refractivity contribution in [2.75, 3.05) is 6.61 Å². The number of nitrogens with one attached hydrogen (secondary N) is 1. The lowest BCUT2D eigenvalue weighted by Crippen LogP contribution is -2.50. The van der Waals surface area contributed by atoms with E-state index in [0.717, 1.165) is 41.3 Å². The first-order chi connectivity index (χ1) is 14.8. The maximum atomic E-state index is 13.3. The molecular weight excluding hydrogens is 463 g/mol. The quantitative estimate of drug-likeness (QED) is 0.580. The van der Waals surface area contributed by atoms with E-state index in [9.17, 15) is 14.0 Å². The van der Waals surface area contributed by atoms with E-state index < -0.39 is 6.04 Å². The van der Waals surface area contributed by atoms with Gasteiger partial charge in [0.15, 0.2) is 6.61 Å². The third-order valence-electron chi connectivity index (χ3n) is 5.63. The number of rotatable bonds is 8. The highest BCUT2D eigenvalue weighted by atomic mass is 79.9. The van der Waals surface area contributed by atoms with Crippen molar-refractivity contribution in [3.63, 3.8) is 0 Å². The lowest BCUT2D eigenvalue weighted by molar-refractivity contribution is -0.142. The molecule has 5 nitrogen and oxygen atoms in total. The summed E-state index contributed by atoms with van der Waals surface area (Å²) < 4.78 is 20.0. The molecular formula is C24H28BrFN2O3. The number of carbonyl (C=O) groups excluding carboxylic acids is 2. The average molecular weight is 491 g/mol. The molecule has 1 aliphatic carbocycles. The first-order valence-corrected chi connectivity index (χ1v) is 11.4. The van der Waals surface area contributed by atoms with Crippen molar-refractivity contribution in [2.24, 2.45) is 0 Å². The van der Waals surface area contributed by atoms with Crippen LogP contribution in [-0.2, 0) is 16.1 Å². The van der Waals surface area contributed by atoms with E-state index in [-0.39, 0.29) is 36.8 Å². The lowest BCUT2D eigenvalue weighted by Gasteiger charge is -2.29. The zero-order valence-corrected chi connectivity index (χ0v) is 19.5. The summed E-state index contributed by atoms with van der Waals surface area (Å²) >= 11 is 3.44. The van der Waals surface area contributed by atoms with E-state index in [2.05, 4.69) is 21.2 Å². The molecule has 0 spiro atoms. The number of carbonyl (C=O) groups is 2. The van der Waals surface area contributed by atoms with Gasteiger partial charge in [-0.2, -0.15) is 0 Å². The fourth-order valence-electron chi connectivity index (χ4n) is 3.70. The Balaban J connectivity index is 1.71. The first kappa shape index (κ1) is 23.3. The number of halogens is 2. The molecule has 1 fully saturated rings. The van der Waals surface area contributed by atoms with Gasteiger partial charge >= 0.3 is 0 Å². The van der Waals surface area contributed by atoms with Crippen LogP contribution in [-0.4, -0.2) is 35.4 Å². The van der Waals surface area contributed by atoms with Gasteiger partial charge in [0.2, 0.25) is 5.91 Å². The largest absolute Gasteiger partial charge is 0.484 e. The van der Waals surface area contributed by atoms with E-state index in [1.165, 1.54) is 17.0 Å². The summed E-state index contributed by atoms with van der Waals surface area (Å²) in [5.41, 5.74) is 1.74. The number of nitrogens with zero attached hydrogens (tertiary/aromatic N) is 1. The Labute approximate surface area is 191 Å². The van der Waals surface area contributed by atoms with Crippen LogP contribution < -0.4 is 10.1 Å². The van der Waals surface area contributed by atoms with Gasteiger partial charge in [-0.3, -0.25) is 9.59 Å². The summed E-state index contributed by atoms with van der Waals surface area (Å²) in [6.07, 6.45) is 4.16.